The summed E-state index contributed by atoms with van der Waals surface area (Å²) in [7, 11) is 0. The molecule has 2 aliphatic rings. The maximum Gasteiger partial charge on any atom is 0.119 e. The van der Waals surface area contributed by atoms with Crippen molar-refractivity contribution in [2.75, 3.05) is 13.2 Å². The molecule has 2 aliphatic carbocycles. The molecule has 268 valence electrons. The molecule has 48 heavy (non-hydrogen) atoms. The van der Waals surface area contributed by atoms with Gasteiger partial charge in [-0.15, -0.1) is 0 Å². The predicted octanol–water partition coefficient (Wildman–Crippen LogP) is 14.4. The Morgan fingerprint density at radius 1 is 0.438 bits per heavy atom. The summed E-state index contributed by atoms with van der Waals surface area (Å²) in [6.45, 7) is 16.0. The summed E-state index contributed by atoms with van der Waals surface area (Å²) in [6, 6.07) is 13.8. The van der Waals surface area contributed by atoms with Crippen LogP contribution in [0.4, 0.5) is 0 Å². The first-order valence-electron chi connectivity index (χ1n) is 20.5. The van der Waals surface area contributed by atoms with Crippen molar-refractivity contribution in [2.24, 2.45) is 10.8 Å². The monoisotopic (exact) mass is 657 g/mol. The second kappa shape index (κ2) is 19.8. The molecule has 0 atom stereocenters. The first kappa shape index (κ1) is 38.6. The quantitative estimate of drug-likeness (QED) is 0.105. The standard InChI is InChI=1S/C46H72O2/c1-7-9-11-13-15-17-19-21-23-25-31-47-39-29-27-37-35-45(3,4)43(41(37)33-39)44-42-34-40(30-28-38(42)36-46(44,5)6)48-32-26-24-22-20-18-16-14-12-10-8-2/h27-30,33-34H,7-26,31-32,35-36H2,1-6H3/b44-43+. The van der Waals surface area contributed by atoms with Gasteiger partial charge in [-0.3, -0.25) is 0 Å². The number of ether oxygens (including phenoxy) is 2. The topological polar surface area (TPSA) is 18.5 Å². The highest BCUT2D eigenvalue weighted by atomic mass is 16.5. The second-order valence-corrected chi connectivity index (χ2v) is 16.6. The average molecular weight is 657 g/mol. The lowest BCUT2D eigenvalue weighted by atomic mass is 9.74. The van der Waals surface area contributed by atoms with Crippen molar-refractivity contribution >= 4 is 11.1 Å². The van der Waals surface area contributed by atoms with Gasteiger partial charge in [0.05, 0.1) is 13.2 Å². The lowest BCUT2D eigenvalue weighted by Crippen LogP contribution is -2.17. The van der Waals surface area contributed by atoms with Crippen LogP contribution in [0, 0.1) is 10.8 Å². The third kappa shape index (κ3) is 11.4. The Kier molecular flexibility index (Phi) is 15.9. The zero-order valence-corrected chi connectivity index (χ0v) is 32.3. The van der Waals surface area contributed by atoms with Crippen LogP contribution < -0.4 is 9.47 Å². The summed E-state index contributed by atoms with van der Waals surface area (Å²) >= 11 is 0. The van der Waals surface area contributed by atoms with E-state index in [1.54, 1.807) is 0 Å². The van der Waals surface area contributed by atoms with E-state index in [-0.39, 0.29) is 10.8 Å². The highest BCUT2D eigenvalue weighted by molar-refractivity contribution is 6.00. The number of hydrogen-bond donors (Lipinski definition) is 0. The molecule has 2 aromatic carbocycles. The van der Waals surface area contributed by atoms with Crippen molar-refractivity contribution in [1.29, 1.82) is 0 Å². The number of fused-ring (bicyclic) bond motifs is 2. The van der Waals surface area contributed by atoms with Crippen LogP contribution >= 0.6 is 0 Å². The lowest BCUT2D eigenvalue weighted by Gasteiger charge is -2.30. The minimum absolute atomic E-state index is 0.0819. The maximum atomic E-state index is 6.39. The summed E-state index contributed by atoms with van der Waals surface area (Å²) in [5, 5.41) is 0. The van der Waals surface area contributed by atoms with Crippen molar-refractivity contribution in [2.45, 2.75) is 183 Å². The number of benzene rings is 2. The highest BCUT2D eigenvalue weighted by Gasteiger charge is 2.43. The average Bonchev–Trinajstić information content (AvgIpc) is 3.47. The van der Waals surface area contributed by atoms with Crippen LogP contribution in [0.1, 0.15) is 192 Å². The van der Waals surface area contributed by atoms with Gasteiger partial charge >= 0.3 is 0 Å². The van der Waals surface area contributed by atoms with E-state index in [1.807, 2.05) is 0 Å². The van der Waals surface area contributed by atoms with E-state index in [9.17, 15) is 0 Å². The summed E-state index contributed by atoms with van der Waals surface area (Å²) in [5.41, 5.74) is 8.96. The summed E-state index contributed by atoms with van der Waals surface area (Å²) in [5.74, 6) is 2.06. The molecule has 0 aliphatic heterocycles. The minimum atomic E-state index is 0.0819. The second-order valence-electron chi connectivity index (χ2n) is 16.6. The zero-order valence-electron chi connectivity index (χ0n) is 32.3. The molecule has 0 amide bonds. The smallest absolute Gasteiger partial charge is 0.119 e. The van der Waals surface area contributed by atoms with Crippen LogP contribution in [-0.2, 0) is 12.8 Å². The number of allylic oxidation sites excluding steroid dienone is 2. The SMILES string of the molecule is CCCCCCCCCCCCOc1ccc2c(c1)/C(=C1/c3cc(OCCCCCCCCCCCC)ccc3CC1(C)C)C(C)(C)C2. The normalized spacial score (nSPS) is 17.5. The Morgan fingerprint density at radius 3 is 1.08 bits per heavy atom. The Labute approximate surface area is 296 Å². The van der Waals surface area contributed by atoms with Crippen LogP contribution in [0.3, 0.4) is 0 Å². The Morgan fingerprint density at radius 2 is 0.750 bits per heavy atom. The van der Waals surface area contributed by atoms with E-state index >= 15 is 0 Å². The van der Waals surface area contributed by atoms with Gasteiger partial charge in [-0.25, -0.2) is 0 Å². The van der Waals surface area contributed by atoms with Crippen molar-refractivity contribution in [3.8, 4) is 11.5 Å². The number of rotatable bonds is 24. The van der Waals surface area contributed by atoms with Crippen LogP contribution in [0.25, 0.3) is 11.1 Å². The van der Waals surface area contributed by atoms with Crippen molar-refractivity contribution in [3.05, 3.63) is 58.7 Å². The first-order chi connectivity index (χ1) is 23.3. The van der Waals surface area contributed by atoms with Gasteiger partial charge in [0.15, 0.2) is 0 Å². The fraction of sp³-hybridized carbons (Fsp3) is 0.696. The van der Waals surface area contributed by atoms with Crippen molar-refractivity contribution in [3.63, 3.8) is 0 Å². The van der Waals surface area contributed by atoms with Crippen molar-refractivity contribution < 1.29 is 9.47 Å². The van der Waals surface area contributed by atoms with Gasteiger partial charge in [0.25, 0.3) is 0 Å². The van der Waals surface area contributed by atoms with Gasteiger partial charge in [0, 0.05) is 0 Å². The van der Waals surface area contributed by atoms with Gasteiger partial charge in [0.1, 0.15) is 11.5 Å². The maximum absolute atomic E-state index is 6.39. The van der Waals surface area contributed by atoms with Gasteiger partial charge < -0.3 is 9.47 Å². The van der Waals surface area contributed by atoms with Crippen LogP contribution in [-0.4, -0.2) is 13.2 Å². The van der Waals surface area contributed by atoms with E-state index in [4.69, 9.17) is 9.47 Å². The third-order valence-electron chi connectivity index (χ3n) is 11.1. The molecule has 0 saturated carbocycles. The summed E-state index contributed by atoms with van der Waals surface area (Å²) < 4.78 is 12.8. The first-order valence-corrected chi connectivity index (χ1v) is 20.5. The van der Waals surface area contributed by atoms with Crippen molar-refractivity contribution in [1.82, 2.24) is 0 Å². The largest absolute Gasteiger partial charge is 0.494 e. The molecule has 2 nitrogen and oxygen atoms in total. The fourth-order valence-electron chi connectivity index (χ4n) is 8.43. The molecule has 0 fully saturated rings. The molecule has 0 aromatic heterocycles. The molecule has 0 unspecified atom stereocenters. The summed E-state index contributed by atoms with van der Waals surface area (Å²) in [4.78, 5) is 0. The molecule has 0 bridgehead atoms. The molecule has 0 spiro atoms. The molecule has 0 saturated heterocycles. The zero-order chi connectivity index (χ0) is 34.2. The third-order valence-corrected chi connectivity index (χ3v) is 11.1. The summed E-state index contributed by atoms with van der Waals surface area (Å²) in [6.07, 6.45) is 29.2. The molecule has 2 heteroatoms. The highest BCUT2D eigenvalue weighted by Crippen LogP contribution is 2.58. The number of unbranched alkanes of at least 4 members (excludes halogenated alkanes) is 18. The molecule has 0 heterocycles. The molecular weight excluding hydrogens is 585 g/mol. The number of hydrogen-bond acceptors (Lipinski definition) is 2. The Hall–Kier alpha value is -2.22. The molecule has 0 radical (unpaired) electrons. The van der Waals surface area contributed by atoms with Gasteiger partial charge in [0.2, 0.25) is 0 Å². The van der Waals surface area contributed by atoms with E-state index in [2.05, 4.69) is 77.9 Å². The van der Waals surface area contributed by atoms with E-state index in [0.717, 1.165) is 50.4 Å². The van der Waals surface area contributed by atoms with Gasteiger partial charge in [-0.1, -0.05) is 169 Å². The van der Waals surface area contributed by atoms with Gasteiger partial charge in [-0.2, -0.15) is 0 Å². The fourth-order valence-corrected chi connectivity index (χ4v) is 8.43. The molecule has 2 aromatic rings. The minimum Gasteiger partial charge on any atom is -0.494 e. The van der Waals surface area contributed by atoms with E-state index in [0.29, 0.717) is 0 Å². The molecule has 0 N–H and O–H groups in total. The van der Waals surface area contributed by atoms with E-state index in [1.165, 1.54) is 149 Å². The Balaban J connectivity index is 1.33. The Bertz CT molecular complexity index is 1170. The predicted molar refractivity (Wildman–Crippen MR) is 209 cm³/mol. The van der Waals surface area contributed by atoms with Gasteiger partial charge in [-0.05, 0) is 94.2 Å². The molecule has 4 rings (SSSR count). The van der Waals surface area contributed by atoms with Crippen LogP contribution in [0.5, 0.6) is 11.5 Å². The molecular formula is C46H72O2. The van der Waals surface area contributed by atoms with Crippen LogP contribution in [0.15, 0.2) is 36.4 Å². The van der Waals surface area contributed by atoms with Crippen LogP contribution in [0.2, 0.25) is 0 Å². The van der Waals surface area contributed by atoms with E-state index < -0.39 is 0 Å². The lowest BCUT2D eigenvalue weighted by molar-refractivity contribution is 0.304.